The Balaban J connectivity index is 1.39. The molecule has 1 saturated carbocycles. The molecule has 0 atom stereocenters. The predicted octanol–water partition coefficient (Wildman–Crippen LogP) is 3.43. The number of hydrogen-bond acceptors (Lipinski definition) is 4. The fourth-order valence-electron chi connectivity index (χ4n) is 2.71. The van der Waals surface area contributed by atoms with E-state index in [1.165, 1.54) is 0 Å². The summed E-state index contributed by atoms with van der Waals surface area (Å²) < 4.78 is 5.21. The molecule has 5 heteroatoms. The Bertz CT molecular complexity index is 734. The molecule has 0 saturated heterocycles. The summed E-state index contributed by atoms with van der Waals surface area (Å²) in [6.07, 6.45) is 1.25. The van der Waals surface area contributed by atoms with Crippen LogP contribution < -0.4 is 10.6 Å². The molecule has 0 aliphatic heterocycles. The molecule has 0 radical (unpaired) electrons. The summed E-state index contributed by atoms with van der Waals surface area (Å²) in [5, 5.41) is 15.3. The van der Waals surface area contributed by atoms with E-state index in [2.05, 4.69) is 16.7 Å². The molecule has 0 aromatic heterocycles. The molecule has 122 valence electrons. The van der Waals surface area contributed by atoms with Crippen LogP contribution in [0.25, 0.3) is 0 Å². The quantitative estimate of drug-likeness (QED) is 0.885. The predicted molar refractivity (Wildman–Crippen MR) is 91.4 cm³/mol. The first-order valence-corrected chi connectivity index (χ1v) is 7.97. The minimum Gasteiger partial charge on any atom is -0.445 e. The number of amides is 1. The Morgan fingerprint density at radius 3 is 2.54 bits per heavy atom. The Kier molecular flexibility index (Phi) is 4.97. The van der Waals surface area contributed by atoms with Gasteiger partial charge in [0.1, 0.15) is 12.7 Å². The number of nitriles is 1. The van der Waals surface area contributed by atoms with E-state index in [-0.39, 0.29) is 24.8 Å². The first kappa shape index (κ1) is 15.9. The van der Waals surface area contributed by atoms with Gasteiger partial charge in [0, 0.05) is 12.1 Å². The van der Waals surface area contributed by atoms with Gasteiger partial charge in [0.15, 0.2) is 0 Å². The first-order valence-electron chi connectivity index (χ1n) is 7.97. The maximum absolute atomic E-state index is 11.8. The lowest BCUT2D eigenvalue weighted by molar-refractivity contribution is 0.129. The molecule has 3 rings (SSSR count). The van der Waals surface area contributed by atoms with Crippen LogP contribution in [0.4, 0.5) is 10.5 Å². The smallest absolute Gasteiger partial charge is 0.407 e. The van der Waals surface area contributed by atoms with Crippen molar-refractivity contribution in [2.24, 2.45) is 0 Å². The third kappa shape index (κ3) is 4.05. The fraction of sp³-hybridized carbons (Fsp3) is 0.263. The van der Waals surface area contributed by atoms with Gasteiger partial charge >= 0.3 is 6.09 Å². The second-order valence-electron chi connectivity index (χ2n) is 5.87. The number of anilines is 1. The van der Waals surface area contributed by atoms with Crippen molar-refractivity contribution in [1.82, 2.24) is 5.32 Å². The van der Waals surface area contributed by atoms with Crippen molar-refractivity contribution in [3.63, 3.8) is 0 Å². The van der Waals surface area contributed by atoms with Gasteiger partial charge in [-0.15, -0.1) is 0 Å². The van der Waals surface area contributed by atoms with Crippen molar-refractivity contribution in [1.29, 1.82) is 5.26 Å². The lowest BCUT2D eigenvalue weighted by Crippen LogP contribution is -2.49. The van der Waals surface area contributed by atoms with E-state index in [0.29, 0.717) is 5.56 Å². The first-order chi connectivity index (χ1) is 11.7. The molecule has 5 nitrogen and oxygen atoms in total. The van der Waals surface area contributed by atoms with Gasteiger partial charge in [0.2, 0.25) is 0 Å². The maximum atomic E-state index is 11.8. The number of para-hydroxylation sites is 1. The maximum Gasteiger partial charge on any atom is 0.407 e. The molecule has 0 spiro atoms. The van der Waals surface area contributed by atoms with Gasteiger partial charge in [-0.25, -0.2) is 4.79 Å². The van der Waals surface area contributed by atoms with Gasteiger partial charge in [0.05, 0.1) is 11.3 Å². The highest BCUT2D eigenvalue weighted by Crippen LogP contribution is 2.26. The lowest BCUT2D eigenvalue weighted by atomic mass is 9.86. The molecule has 0 heterocycles. The molecular formula is C19H19N3O2. The van der Waals surface area contributed by atoms with Crippen LogP contribution in [0.15, 0.2) is 54.6 Å². The molecule has 0 unspecified atom stereocenters. The number of nitrogens with one attached hydrogen (secondary N) is 2. The van der Waals surface area contributed by atoms with E-state index < -0.39 is 0 Å². The zero-order chi connectivity index (χ0) is 16.8. The van der Waals surface area contributed by atoms with Gasteiger partial charge < -0.3 is 15.4 Å². The van der Waals surface area contributed by atoms with E-state index in [9.17, 15) is 4.79 Å². The fourth-order valence-corrected chi connectivity index (χ4v) is 2.71. The van der Waals surface area contributed by atoms with E-state index >= 15 is 0 Å². The minimum absolute atomic E-state index is 0.111. The molecular weight excluding hydrogens is 302 g/mol. The highest BCUT2D eigenvalue weighted by atomic mass is 16.5. The van der Waals surface area contributed by atoms with Crippen molar-refractivity contribution in [2.75, 3.05) is 5.32 Å². The standard InChI is InChI=1S/C19H19N3O2/c20-12-15-8-4-5-9-18(15)21-16-10-17(11-16)22-19(23)24-13-14-6-2-1-3-7-14/h1-9,16-17,21H,10-11,13H2,(H,22,23). The molecule has 2 aromatic carbocycles. The number of carbonyl (C=O) groups excluding carboxylic acids is 1. The zero-order valence-corrected chi connectivity index (χ0v) is 13.2. The van der Waals surface area contributed by atoms with Gasteiger partial charge in [-0.3, -0.25) is 0 Å². The number of benzene rings is 2. The van der Waals surface area contributed by atoms with Crippen LogP contribution in [0.5, 0.6) is 0 Å². The van der Waals surface area contributed by atoms with E-state index in [0.717, 1.165) is 24.1 Å². The van der Waals surface area contributed by atoms with Crippen LogP contribution in [0.1, 0.15) is 24.0 Å². The van der Waals surface area contributed by atoms with Gasteiger partial charge in [-0.2, -0.15) is 5.26 Å². The molecule has 2 aromatic rings. The van der Waals surface area contributed by atoms with E-state index in [1.807, 2.05) is 48.5 Å². The average molecular weight is 321 g/mol. The Morgan fingerprint density at radius 1 is 1.08 bits per heavy atom. The van der Waals surface area contributed by atoms with Crippen LogP contribution in [0, 0.1) is 11.3 Å². The third-order valence-electron chi connectivity index (χ3n) is 4.08. The van der Waals surface area contributed by atoms with Gasteiger partial charge in [-0.1, -0.05) is 42.5 Å². The van der Waals surface area contributed by atoms with Crippen molar-refractivity contribution >= 4 is 11.8 Å². The van der Waals surface area contributed by atoms with Crippen LogP contribution in [-0.4, -0.2) is 18.2 Å². The summed E-state index contributed by atoms with van der Waals surface area (Å²) in [6, 6.07) is 19.6. The van der Waals surface area contributed by atoms with E-state index in [4.69, 9.17) is 10.00 Å². The van der Waals surface area contributed by atoms with Crippen molar-refractivity contribution in [2.45, 2.75) is 31.5 Å². The number of alkyl carbamates (subject to hydrolysis) is 1. The summed E-state index contributed by atoms with van der Waals surface area (Å²) in [6.45, 7) is 0.274. The summed E-state index contributed by atoms with van der Waals surface area (Å²) in [5.74, 6) is 0. The molecule has 2 N–H and O–H groups in total. The van der Waals surface area contributed by atoms with Crippen LogP contribution in [-0.2, 0) is 11.3 Å². The average Bonchev–Trinajstić information content (AvgIpc) is 2.59. The lowest BCUT2D eigenvalue weighted by Gasteiger charge is -2.36. The Labute approximate surface area is 141 Å². The topological polar surface area (TPSA) is 74.2 Å². The summed E-state index contributed by atoms with van der Waals surface area (Å²) in [4.78, 5) is 11.8. The molecule has 24 heavy (non-hydrogen) atoms. The van der Waals surface area contributed by atoms with Crippen LogP contribution in [0.3, 0.4) is 0 Å². The van der Waals surface area contributed by atoms with Gasteiger partial charge in [0.25, 0.3) is 0 Å². The minimum atomic E-state index is -0.389. The van der Waals surface area contributed by atoms with Crippen LogP contribution >= 0.6 is 0 Å². The van der Waals surface area contributed by atoms with E-state index in [1.54, 1.807) is 6.07 Å². The third-order valence-corrected chi connectivity index (χ3v) is 4.08. The molecule has 1 amide bonds. The second-order valence-corrected chi connectivity index (χ2v) is 5.87. The molecule has 1 fully saturated rings. The largest absolute Gasteiger partial charge is 0.445 e. The van der Waals surface area contributed by atoms with Crippen molar-refractivity contribution in [3.05, 3.63) is 65.7 Å². The molecule has 1 aliphatic rings. The Morgan fingerprint density at radius 2 is 1.79 bits per heavy atom. The molecule has 1 aliphatic carbocycles. The summed E-state index contributed by atoms with van der Waals surface area (Å²) in [7, 11) is 0. The number of carbonyl (C=O) groups is 1. The highest BCUT2D eigenvalue weighted by Gasteiger charge is 2.31. The summed E-state index contributed by atoms with van der Waals surface area (Å²) >= 11 is 0. The number of hydrogen-bond donors (Lipinski definition) is 2. The number of nitrogens with zero attached hydrogens (tertiary/aromatic N) is 1. The SMILES string of the molecule is N#Cc1ccccc1NC1CC(NC(=O)OCc2ccccc2)C1. The number of ether oxygens (including phenoxy) is 1. The summed E-state index contributed by atoms with van der Waals surface area (Å²) in [5.41, 5.74) is 2.44. The molecule has 0 bridgehead atoms. The zero-order valence-electron chi connectivity index (χ0n) is 13.2. The second kappa shape index (κ2) is 7.51. The number of rotatable bonds is 5. The normalized spacial score (nSPS) is 18.8. The highest BCUT2D eigenvalue weighted by molar-refractivity contribution is 5.68. The van der Waals surface area contributed by atoms with Crippen molar-refractivity contribution in [3.8, 4) is 6.07 Å². The van der Waals surface area contributed by atoms with Crippen LogP contribution in [0.2, 0.25) is 0 Å². The van der Waals surface area contributed by atoms with Gasteiger partial charge in [-0.05, 0) is 30.5 Å². The van der Waals surface area contributed by atoms with Crippen molar-refractivity contribution < 1.29 is 9.53 Å². The Hall–Kier alpha value is -3.00. The monoisotopic (exact) mass is 321 g/mol.